The van der Waals surface area contributed by atoms with Crippen molar-refractivity contribution in [1.29, 1.82) is 0 Å². The maximum atomic E-state index is 12.3. The Morgan fingerprint density at radius 3 is 2.45 bits per heavy atom. The number of rotatable bonds is 4. The van der Waals surface area contributed by atoms with E-state index < -0.39 is 15.9 Å². The Morgan fingerprint density at radius 2 is 1.91 bits per heavy atom. The number of sulfonamides is 1. The highest BCUT2D eigenvalue weighted by Gasteiger charge is 2.21. The Kier molecular flexibility index (Phi) is 4.52. The summed E-state index contributed by atoms with van der Waals surface area (Å²) in [6, 6.07) is 6.29. The summed E-state index contributed by atoms with van der Waals surface area (Å²) in [5.74, 6) is -0.669. The van der Waals surface area contributed by atoms with Crippen LogP contribution < -0.4 is 9.62 Å². The van der Waals surface area contributed by atoms with Gasteiger partial charge in [-0.1, -0.05) is 6.07 Å². The molecule has 1 heterocycles. The lowest BCUT2D eigenvalue weighted by atomic mass is 10.2. The highest BCUT2D eigenvalue weighted by Crippen LogP contribution is 2.22. The number of carbonyl (C=O) groups is 1. The molecule has 0 spiro atoms. The molecule has 2 aromatic rings. The largest absolute Gasteiger partial charge is 0.377 e. The number of nitrogens with one attached hydrogen (secondary N) is 1. The van der Waals surface area contributed by atoms with Gasteiger partial charge in [-0.2, -0.15) is 4.37 Å². The molecule has 1 N–H and O–H groups in total. The molecule has 6 nitrogen and oxygen atoms in total. The molecule has 0 saturated heterocycles. The molecule has 0 radical (unpaired) electrons. The fourth-order valence-corrected chi connectivity index (χ4v) is 3.64. The van der Waals surface area contributed by atoms with Crippen LogP contribution in [0.5, 0.6) is 0 Å². The van der Waals surface area contributed by atoms with Gasteiger partial charge in [0, 0.05) is 19.8 Å². The lowest BCUT2D eigenvalue weighted by molar-refractivity contribution is 0.0985. The van der Waals surface area contributed by atoms with Crippen LogP contribution in [-0.4, -0.2) is 32.8 Å². The first kappa shape index (κ1) is 16.4. The van der Waals surface area contributed by atoms with Gasteiger partial charge < -0.3 is 4.90 Å². The van der Waals surface area contributed by atoms with Crippen LogP contribution in [-0.2, 0) is 10.0 Å². The van der Waals surface area contributed by atoms with Crippen molar-refractivity contribution in [3.8, 4) is 0 Å². The monoisotopic (exact) mass is 339 g/mol. The summed E-state index contributed by atoms with van der Waals surface area (Å²) in [5, 5.41) is 0. The van der Waals surface area contributed by atoms with Gasteiger partial charge in [0.2, 0.25) is 0 Å². The predicted octanol–water partition coefficient (Wildman–Crippen LogP) is 1.94. The van der Waals surface area contributed by atoms with Crippen molar-refractivity contribution in [3.05, 3.63) is 40.4 Å². The molecule has 0 unspecified atom stereocenters. The van der Waals surface area contributed by atoms with Gasteiger partial charge in [0.1, 0.15) is 4.88 Å². The van der Waals surface area contributed by atoms with Crippen LogP contribution in [0.25, 0.3) is 0 Å². The zero-order chi connectivity index (χ0) is 16.5. The Balaban J connectivity index is 2.31. The van der Waals surface area contributed by atoms with Gasteiger partial charge in [0.15, 0.2) is 0 Å². The highest BCUT2D eigenvalue weighted by molar-refractivity contribution is 7.90. The molecule has 0 aliphatic heterocycles. The van der Waals surface area contributed by atoms with E-state index >= 15 is 0 Å². The fourth-order valence-electron chi connectivity index (χ4n) is 1.94. The number of benzene rings is 1. The van der Waals surface area contributed by atoms with E-state index in [0.717, 1.165) is 22.8 Å². The van der Waals surface area contributed by atoms with Crippen molar-refractivity contribution in [3.63, 3.8) is 0 Å². The minimum absolute atomic E-state index is 0.0522. The second-order valence-electron chi connectivity index (χ2n) is 5.11. The SMILES string of the molecule is Cc1cc(C(=O)NS(=O)(=O)c2ccc(C)c(N(C)C)c2)sn1. The van der Waals surface area contributed by atoms with Gasteiger partial charge in [-0.3, -0.25) is 4.79 Å². The number of nitrogens with zero attached hydrogens (tertiary/aromatic N) is 2. The molecule has 2 rings (SSSR count). The van der Waals surface area contributed by atoms with Crippen molar-refractivity contribution in [1.82, 2.24) is 9.10 Å². The van der Waals surface area contributed by atoms with Gasteiger partial charge in [0.25, 0.3) is 15.9 Å². The third-order valence-electron chi connectivity index (χ3n) is 3.05. The quantitative estimate of drug-likeness (QED) is 0.921. The summed E-state index contributed by atoms with van der Waals surface area (Å²) in [7, 11) is -0.257. The van der Waals surface area contributed by atoms with Crippen LogP contribution in [0.3, 0.4) is 0 Å². The smallest absolute Gasteiger partial charge is 0.276 e. The van der Waals surface area contributed by atoms with E-state index in [4.69, 9.17) is 0 Å². The van der Waals surface area contributed by atoms with E-state index in [1.54, 1.807) is 25.1 Å². The molecule has 0 aliphatic rings. The minimum Gasteiger partial charge on any atom is -0.377 e. The summed E-state index contributed by atoms with van der Waals surface area (Å²) in [6.07, 6.45) is 0. The van der Waals surface area contributed by atoms with Gasteiger partial charge >= 0.3 is 0 Å². The van der Waals surface area contributed by atoms with Crippen molar-refractivity contribution in [2.45, 2.75) is 18.7 Å². The zero-order valence-electron chi connectivity index (χ0n) is 12.7. The Morgan fingerprint density at radius 1 is 1.23 bits per heavy atom. The number of aromatic nitrogens is 1. The molecule has 1 aromatic carbocycles. The summed E-state index contributed by atoms with van der Waals surface area (Å²) in [5.41, 5.74) is 2.41. The zero-order valence-corrected chi connectivity index (χ0v) is 14.4. The van der Waals surface area contributed by atoms with Gasteiger partial charge in [-0.05, 0) is 49.1 Å². The van der Waals surface area contributed by atoms with E-state index in [-0.39, 0.29) is 9.77 Å². The van der Waals surface area contributed by atoms with Crippen LogP contribution in [0.4, 0.5) is 5.69 Å². The Hall–Kier alpha value is -1.93. The fraction of sp³-hybridized carbons (Fsp3) is 0.286. The van der Waals surface area contributed by atoms with Gasteiger partial charge in [-0.15, -0.1) is 0 Å². The molecule has 0 saturated carbocycles. The molecule has 118 valence electrons. The van der Waals surface area contributed by atoms with E-state index in [9.17, 15) is 13.2 Å². The van der Waals surface area contributed by atoms with Gasteiger partial charge in [0.05, 0.1) is 10.6 Å². The second-order valence-corrected chi connectivity index (χ2v) is 7.60. The highest BCUT2D eigenvalue weighted by atomic mass is 32.2. The van der Waals surface area contributed by atoms with Crippen molar-refractivity contribution < 1.29 is 13.2 Å². The predicted molar refractivity (Wildman–Crippen MR) is 87.0 cm³/mol. The number of anilines is 1. The molecular weight excluding hydrogens is 322 g/mol. The van der Waals surface area contributed by atoms with Crippen LogP contribution in [0.1, 0.15) is 20.9 Å². The van der Waals surface area contributed by atoms with Crippen molar-refractivity contribution in [2.24, 2.45) is 0 Å². The number of hydrogen-bond donors (Lipinski definition) is 1. The first-order valence-corrected chi connectivity index (χ1v) is 8.75. The lowest BCUT2D eigenvalue weighted by Gasteiger charge is -2.17. The number of hydrogen-bond acceptors (Lipinski definition) is 6. The van der Waals surface area contributed by atoms with Crippen LogP contribution in [0, 0.1) is 13.8 Å². The summed E-state index contributed by atoms with van der Waals surface area (Å²) >= 11 is 0.969. The van der Waals surface area contributed by atoms with Crippen molar-refractivity contribution >= 4 is 33.2 Å². The Labute approximate surface area is 134 Å². The normalized spacial score (nSPS) is 11.3. The van der Waals surface area contributed by atoms with Gasteiger partial charge in [-0.25, -0.2) is 13.1 Å². The average Bonchev–Trinajstić information content (AvgIpc) is 2.85. The minimum atomic E-state index is -3.92. The number of carbonyl (C=O) groups excluding carboxylic acids is 1. The van der Waals surface area contributed by atoms with E-state index in [2.05, 4.69) is 9.10 Å². The maximum Gasteiger partial charge on any atom is 0.276 e. The van der Waals surface area contributed by atoms with Crippen LogP contribution in [0.15, 0.2) is 29.2 Å². The van der Waals surface area contributed by atoms with Crippen LogP contribution in [0.2, 0.25) is 0 Å². The van der Waals surface area contributed by atoms with E-state index in [0.29, 0.717) is 5.69 Å². The molecule has 0 atom stereocenters. The molecule has 0 bridgehead atoms. The lowest BCUT2D eigenvalue weighted by Crippen LogP contribution is -2.30. The van der Waals surface area contributed by atoms with E-state index in [1.807, 2.05) is 25.9 Å². The second kappa shape index (κ2) is 6.05. The number of aryl methyl sites for hydroxylation is 2. The summed E-state index contributed by atoms with van der Waals surface area (Å²) in [6.45, 7) is 3.63. The molecule has 22 heavy (non-hydrogen) atoms. The Bertz CT molecular complexity index is 810. The van der Waals surface area contributed by atoms with Crippen molar-refractivity contribution in [2.75, 3.05) is 19.0 Å². The summed E-state index contributed by atoms with van der Waals surface area (Å²) in [4.78, 5) is 14.1. The standard InChI is InChI=1S/C14H17N3O3S2/c1-9-5-6-11(8-12(9)17(3)4)22(19,20)16-14(18)13-7-10(2)15-21-13/h5-8H,1-4H3,(H,16,18). The third-order valence-corrected chi connectivity index (χ3v) is 5.26. The summed E-state index contributed by atoms with van der Waals surface area (Å²) < 4.78 is 30.7. The topological polar surface area (TPSA) is 79.4 Å². The molecule has 1 amide bonds. The first-order valence-electron chi connectivity index (χ1n) is 6.49. The number of amides is 1. The molecule has 0 aliphatic carbocycles. The average molecular weight is 339 g/mol. The molecule has 8 heteroatoms. The first-order chi connectivity index (χ1) is 10.2. The maximum absolute atomic E-state index is 12.3. The molecule has 1 aromatic heterocycles. The third kappa shape index (κ3) is 3.45. The van der Waals surface area contributed by atoms with E-state index in [1.165, 1.54) is 6.07 Å². The molecular formula is C14H17N3O3S2. The van der Waals surface area contributed by atoms with Crippen LogP contribution >= 0.6 is 11.5 Å². The molecule has 0 fully saturated rings.